The van der Waals surface area contributed by atoms with Crippen LogP contribution < -0.4 is 4.31 Å². The number of ketones is 1. The minimum absolute atomic E-state index is 0.161. The third kappa shape index (κ3) is 3.71. The summed E-state index contributed by atoms with van der Waals surface area (Å²) in [4.78, 5) is 13.2. The van der Waals surface area contributed by atoms with Crippen LogP contribution in [0.15, 0.2) is 89.5 Å². The number of carbonyl (C=O) groups excluding carboxylic acids is 1. The molecule has 0 saturated carbocycles. The molecule has 1 heterocycles. The fourth-order valence-corrected chi connectivity index (χ4v) is 4.91. The zero-order valence-electron chi connectivity index (χ0n) is 15.7. The zero-order chi connectivity index (χ0) is 20.6. The van der Waals surface area contributed by atoms with Gasteiger partial charge in [0.2, 0.25) is 0 Å². The van der Waals surface area contributed by atoms with E-state index < -0.39 is 10.0 Å². The molecule has 3 aromatic carbocycles. The Morgan fingerprint density at radius 3 is 2.34 bits per heavy atom. The Morgan fingerprint density at radius 2 is 1.66 bits per heavy atom. The van der Waals surface area contributed by atoms with Crippen LogP contribution in [0.4, 0.5) is 5.69 Å². The van der Waals surface area contributed by atoms with Gasteiger partial charge in [0, 0.05) is 28.8 Å². The van der Waals surface area contributed by atoms with Gasteiger partial charge in [0.05, 0.1) is 10.6 Å². The molecule has 0 N–H and O–H groups in total. The second-order valence-corrected chi connectivity index (χ2v) is 9.16. The van der Waals surface area contributed by atoms with Crippen LogP contribution in [0.3, 0.4) is 0 Å². The van der Waals surface area contributed by atoms with Crippen molar-refractivity contribution in [2.24, 2.45) is 0 Å². The van der Waals surface area contributed by atoms with Crippen molar-refractivity contribution in [1.29, 1.82) is 0 Å². The minimum Gasteiger partial charge on any atom is -0.289 e. The maximum absolute atomic E-state index is 13.4. The number of rotatable bonds is 4. The van der Waals surface area contributed by atoms with E-state index in [-0.39, 0.29) is 10.7 Å². The molecule has 29 heavy (non-hydrogen) atoms. The number of aryl methyl sites for hydroxylation is 1. The molecule has 146 valence electrons. The molecule has 0 unspecified atom stereocenters. The number of Topliss-reactive ketones (excluding diaryl/α,β-unsaturated/α-hetero) is 1. The molecule has 0 saturated heterocycles. The molecular formula is C23H18ClNO3S. The predicted molar refractivity (Wildman–Crippen MR) is 115 cm³/mol. The van der Waals surface area contributed by atoms with E-state index in [1.165, 1.54) is 10.5 Å². The molecule has 0 atom stereocenters. The summed E-state index contributed by atoms with van der Waals surface area (Å²) in [5, 5.41) is 0.491. The number of anilines is 1. The van der Waals surface area contributed by atoms with E-state index in [4.69, 9.17) is 11.6 Å². The molecule has 3 aromatic rings. The molecule has 4 rings (SSSR count). The summed E-state index contributed by atoms with van der Waals surface area (Å²) in [5.41, 5.74) is 3.05. The van der Waals surface area contributed by atoms with Crippen LogP contribution in [-0.2, 0) is 16.4 Å². The third-order valence-electron chi connectivity index (χ3n) is 4.84. The lowest BCUT2D eigenvalue weighted by atomic mass is 9.95. The summed E-state index contributed by atoms with van der Waals surface area (Å²) in [5.74, 6) is -0.208. The first-order valence-corrected chi connectivity index (χ1v) is 10.9. The molecular weight excluding hydrogens is 406 g/mol. The highest BCUT2D eigenvalue weighted by atomic mass is 35.5. The number of benzene rings is 3. The average molecular weight is 424 g/mol. The van der Waals surface area contributed by atoms with E-state index in [9.17, 15) is 13.2 Å². The highest BCUT2D eigenvalue weighted by molar-refractivity contribution is 7.93. The van der Waals surface area contributed by atoms with Gasteiger partial charge in [0.1, 0.15) is 0 Å². The van der Waals surface area contributed by atoms with Gasteiger partial charge in [-0.15, -0.1) is 0 Å². The number of hydrogen-bond acceptors (Lipinski definition) is 3. The molecule has 0 aromatic heterocycles. The molecule has 0 aliphatic carbocycles. The van der Waals surface area contributed by atoms with Crippen molar-refractivity contribution in [1.82, 2.24) is 0 Å². The minimum atomic E-state index is -3.89. The average Bonchev–Trinajstić information content (AvgIpc) is 2.73. The first-order valence-electron chi connectivity index (χ1n) is 9.06. The zero-order valence-corrected chi connectivity index (χ0v) is 17.2. The van der Waals surface area contributed by atoms with Crippen LogP contribution in [-0.4, -0.2) is 14.2 Å². The van der Waals surface area contributed by atoms with Gasteiger partial charge in [-0.3, -0.25) is 4.79 Å². The van der Waals surface area contributed by atoms with E-state index >= 15 is 0 Å². The Labute approximate surface area is 175 Å². The normalized spacial score (nSPS) is 13.6. The van der Waals surface area contributed by atoms with Gasteiger partial charge in [-0.2, -0.15) is 0 Å². The second-order valence-electron chi connectivity index (χ2n) is 6.91. The Kier molecular flexibility index (Phi) is 5.03. The van der Waals surface area contributed by atoms with Crippen molar-refractivity contribution < 1.29 is 13.2 Å². The maximum atomic E-state index is 13.4. The van der Waals surface area contributed by atoms with Crippen molar-refractivity contribution in [3.05, 3.63) is 106 Å². The smallest absolute Gasteiger partial charge is 0.268 e. The van der Waals surface area contributed by atoms with Crippen LogP contribution in [0.25, 0.3) is 0 Å². The number of fused-ring (bicyclic) bond motifs is 1. The first kappa shape index (κ1) is 19.4. The molecule has 1 aliphatic rings. The van der Waals surface area contributed by atoms with Crippen LogP contribution >= 0.6 is 11.6 Å². The van der Waals surface area contributed by atoms with Gasteiger partial charge in [-0.25, -0.2) is 12.7 Å². The molecule has 0 fully saturated rings. The molecule has 1 aliphatic heterocycles. The second kappa shape index (κ2) is 7.50. The summed E-state index contributed by atoms with van der Waals surface area (Å²) >= 11 is 6.14. The largest absolute Gasteiger partial charge is 0.289 e. The van der Waals surface area contributed by atoms with E-state index in [1.807, 2.05) is 13.0 Å². The van der Waals surface area contributed by atoms with Crippen molar-refractivity contribution in [2.75, 3.05) is 4.31 Å². The molecule has 0 amide bonds. The van der Waals surface area contributed by atoms with Crippen molar-refractivity contribution >= 4 is 33.1 Å². The number of halogens is 1. The van der Waals surface area contributed by atoms with Crippen molar-refractivity contribution in [3.63, 3.8) is 0 Å². The topological polar surface area (TPSA) is 54.5 Å². The molecule has 0 spiro atoms. The highest BCUT2D eigenvalue weighted by Crippen LogP contribution is 2.36. The van der Waals surface area contributed by atoms with E-state index in [2.05, 4.69) is 0 Å². The van der Waals surface area contributed by atoms with Gasteiger partial charge in [0.25, 0.3) is 10.0 Å². The number of allylic oxidation sites excluding steroid dienone is 1. The fourth-order valence-electron chi connectivity index (χ4n) is 3.31. The molecule has 0 bridgehead atoms. The SMILES string of the molecule is Cc1ccc(S(=O)(=O)N2C=C(C(=O)c3ccccc3)Cc3cc(Cl)ccc32)cc1. The standard InChI is InChI=1S/C23H18ClNO3S/c1-16-7-10-21(11-8-16)29(27,28)25-15-19(23(26)17-5-3-2-4-6-17)13-18-14-20(24)9-12-22(18)25/h2-12,14-15H,13H2,1H3. The van der Waals surface area contributed by atoms with E-state index in [1.54, 1.807) is 66.7 Å². The quantitative estimate of drug-likeness (QED) is 0.544. The summed E-state index contributed by atoms with van der Waals surface area (Å²) in [6, 6.07) is 20.5. The summed E-state index contributed by atoms with van der Waals surface area (Å²) in [6.07, 6.45) is 1.74. The van der Waals surface area contributed by atoms with Gasteiger partial charge in [-0.1, -0.05) is 59.6 Å². The Morgan fingerprint density at radius 1 is 0.966 bits per heavy atom. The van der Waals surface area contributed by atoms with Gasteiger partial charge >= 0.3 is 0 Å². The number of nitrogens with zero attached hydrogens (tertiary/aromatic N) is 1. The fraction of sp³-hybridized carbons (Fsp3) is 0.0870. The van der Waals surface area contributed by atoms with Crippen molar-refractivity contribution in [3.8, 4) is 0 Å². The molecule has 6 heteroatoms. The van der Waals surface area contributed by atoms with Crippen LogP contribution in [0.1, 0.15) is 21.5 Å². The van der Waals surface area contributed by atoms with E-state index in [0.717, 1.165) is 5.56 Å². The lowest BCUT2D eigenvalue weighted by Crippen LogP contribution is -2.31. The first-order chi connectivity index (χ1) is 13.9. The Bertz CT molecular complexity index is 1220. The lowest BCUT2D eigenvalue weighted by molar-refractivity contribution is 0.103. The highest BCUT2D eigenvalue weighted by Gasteiger charge is 2.31. The van der Waals surface area contributed by atoms with Gasteiger partial charge in [0.15, 0.2) is 5.78 Å². The summed E-state index contributed by atoms with van der Waals surface area (Å²) in [6.45, 7) is 1.89. The van der Waals surface area contributed by atoms with Gasteiger partial charge in [-0.05, 0) is 42.8 Å². The number of sulfonamides is 1. The van der Waals surface area contributed by atoms with Crippen LogP contribution in [0.2, 0.25) is 5.02 Å². The Hall–Kier alpha value is -2.89. The summed E-state index contributed by atoms with van der Waals surface area (Å²) in [7, 11) is -3.89. The summed E-state index contributed by atoms with van der Waals surface area (Å²) < 4.78 is 28.0. The third-order valence-corrected chi connectivity index (χ3v) is 6.76. The van der Waals surface area contributed by atoms with Crippen molar-refractivity contribution in [2.45, 2.75) is 18.2 Å². The predicted octanol–water partition coefficient (Wildman–Crippen LogP) is 5.17. The van der Waals surface area contributed by atoms with Gasteiger partial charge < -0.3 is 0 Å². The molecule has 0 radical (unpaired) electrons. The molecule has 4 nitrogen and oxygen atoms in total. The van der Waals surface area contributed by atoms with Crippen LogP contribution in [0.5, 0.6) is 0 Å². The maximum Gasteiger partial charge on any atom is 0.268 e. The number of carbonyl (C=O) groups is 1. The Balaban J connectivity index is 1.85. The van der Waals surface area contributed by atoms with E-state index in [0.29, 0.717) is 33.8 Å². The monoisotopic (exact) mass is 423 g/mol. The number of hydrogen-bond donors (Lipinski definition) is 0. The lowest BCUT2D eigenvalue weighted by Gasteiger charge is -2.28. The van der Waals surface area contributed by atoms with Crippen LogP contribution in [0, 0.1) is 6.92 Å².